The number of anilines is 1. The van der Waals surface area contributed by atoms with Crippen molar-refractivity contribution < 1.29 is 22.7 Å². The third kappa shape index (κ3) is 8.89. The van der Waals surface area contributed by atoms with Crippen molar-refractivity contribution in [2.45, 2.75) is 62.6 Å². The number of carbonyl (C=O) groups is 2. The maximum atomic E-state index is 14.7. The number of halogens is 2. The summed E-state index contributed by atoms with van der Waals surface area (Å²) in [5.74, 6) is -0.310. The van der Waals surface area contributed by atoms with E-state index in [0.29, 0.717) is 28.0 Å². The number of amides is 2. The number of carbonyl (C=O) groups excluding carboxylic acids is 2. The van der Waals surface area contributed by atoms with E-state index < -0.39 is 28.5 Å². The number of rotatable bonds is 14. The smallest absolute Gasteiger partial charge is 0.264 e. The number of hydrogen-bond acceptors (Lipinski definition) is 5. The van der Waals surface area contributed by atoms with Crippen LogP contribution in [0.15, 0.2) is 108 Å². The highest BCUT2D eigenvalue weighted by Crippen LogP contribution is 2.29. The van der Waals surface area contributed by atoms with Crippen molar-refractivity contribution in [3.63, 3.8) is 0 Å². The zero-order chi connectivity index (χ0) is 34.1. The minimum atomic E-state index is -4.22. The van der Waals surface area contributed by atoms with Gasteiger partial charge in [-0.15, -0.1) is 0 Å². The normalized spacial score (nSPS) is 13.9. The average Bonchev–Trinajstić information content (AvgIpc) is 3.60. The second-order valence-electron chi connectivity index (χ2n) is 11.7. The van der Waals surface area contributed by atoms with Crippen molar-refractivity contribution in [3.8, 4) is 5.75 Å². The fourth-order valence-electron chi connectivity index (χ4n) is 5.88. The molecule has 1 aliphatic carbocycles. The van der Waals surface area contributed by atoms with Crippen LogP contribution in [0.3, 0.4) is 0 Å². The molecule has 1 fully saturated rings. The number of benzene rings is 4. The van der Waals surface area contributed by atoms with E-state index in [1.54, 1.807) is 60.7 Å². The Morgan fingerprint density at radius 2 is 1.54 bits per heavy atom. The first-order chi connectivity index (χ1) is 23.2. The molecule has 1 aliphatic rings. The number of nitrogens with one attached hydrogen (secondary N) is 1. The highest BCUT2D eigenvalue weighted by atomic mass is 35.5. The van der Waals surface area contributed by atoms with Crippen molar-refractivity contribution in [3.05, 3.63) is 124 Å². The molecule has 8 nitrogen and oxygen atoms in total. The van der Waals surface area contributed by atoms with Crippen molar-refractivity contribution >= 4 is 50.7 Å². The molecule has 0 aromatic heterocycles. The first kappa shape index (κ1) is 35.3. The molecule has 4 aromatic carbocycles. The summed E-state index contributed by atoms with van der Waals surface area (Å²) in [6.07, 6.45) is 3.98. The molecule has 48 heavy (non-hydrogen) atoms. The maximum Gasteiger partial charge on any atom is 0.264 e. The monoisotopic (exact) mass is 707 g/mol. The third-order valence-corrected chi connectivity index (χ3v) is 10.7. The number of ether oxygens (including phenoxy) is 1. The Labute approximate surface area is 292 Å². The molecule has 11 heteroatoms. The van der Waals surface area contributed by atoms with E-state index >= 15 is 0 Å². The van der Waals surface area contributed by atoms with E-state index in [1.165, 1.54) is 17.0 Å². The Balaban J connectivity index is 1.57. The van der Waals surface area contributed by atoms with Gasteiger partial charge in [0.25, 0.3) is 10.0 Å². The standard InChI is InChI=1S/C37H39Cl2N3O5S/c1-2-47-32-21-19-31(20-22-32)42(48(45,46)33-15-7-4-8-16-33)26-36(43)41(25-28-17-18-29(38)24-34(28)39)35(23-27-11-5-3-6-12-27)37(44)40-30-13-9-10-14-30/h3-8,11-12,15-22,24,30,35H,2,9-10,13-14,23,25-26H2,1H3,(H,40,44). The van der Waals surface area contributed by atoms with Crippen LogP contribution < -0.4 is 14.4 Å². The molecular weight excluding hydrogens is 669 g/mol. The second kappa shape index (κ2) is 16.4. The molecule has 0 saturated heterocycles. The molecule has 252 valence electrons. The predicted molar refractivity (Wildman–Crippen MR) is 190 cm³/mol. The Morgan fingerprint density at radius 3 is 2.17 bits per heavy atom. The SMILES string of the molecule is CCOc1ccc(N(CC(=O)N(Cc2ccc(Cl)cc2Cl)C(Cc2ccccc2)C(=O)NC2CCCC2)S(=O)(=O)c2ccccc2)cc1. The lowest BCUT2D eigenvalue weighted by Gasteiger charge is -2.34. The van der Waals surface area contributed by atoms with Gasteiger partial charge in [-0.05, 0) is 79.4 Å². The molecule has 1 saturated carbocycles. The van der Waals surface area contributed by atoms with Gasteiger partial charge in [0.15, 0.2) is 0 Å². The topological polar surface area (TPSA) is 96.0 Å². The van der Waals surface area contributed by atoms with Crippen LogP contribution in [0, 0.1) is 0 Å². The van der Waals surface area contributed by atoms with Crippen LogP contribution in [0.25, 0.3) is 0 Å². The summed E-state index contributed by atoms with van der Waals surface area (Å²) in [7, 11) is -4.22. The van der Waals surface area contributed by atoms with Gasteiger partial charge in [0.05, 0.1) is 17.2 Å². The molecule has 0 radical (unpaired) electrons. The Kier molecular flexibility index (Phi) is 12.0. The molecule has 0 aliphatic heterocycles. The number of sulfonamides is 1. The Morgan fingerprint density at radius 1 is 0.896 bits per heavy atom. The van der Waals surface area contributed by atoms with Crippen LogP contribution in [-0.2, 0) is 32.6 Å². The van der Waals surface area contributed by atoms with Gasteiger partial charge in [-0.2, -0.15) is 0 Å². The second-order valence-corrected chi connectivity index (χ2v) is 14.4. The zero-order valence-electron chi connectivity index (χ0n) is 26.7. The van der Waals surface area contributed by atoms with Crippen molar-refractivity contribution in [2.24, 2.45) is 0 Å². The lowest BCUT2D eigenvalue weighted by atomic mass is 10.0. The fourth-order valence-corrected chi connectivity index (χ4v) is 7.78. The molecule has 2 amide bonds. The Hall–Kier alpha value is -4.05. The van der Waals surface area contributed by atoms with Gasteiger partial charge in [-0.25, -0.2) is 8.42 Å². The minimum absolute atomic E-state index is 0.00524. The van der Waals surface area contributed by atoms with Crippen molar-refractivity contribution in [1.82, 2.24) is 10.2 Å². The van der Waals surface area contributed by atoms with Gasteiger partial charge < -0.3 is 15.0 Å². The van der Waals surface area contributed by atoms with Crippen LogP contribution in [-0.4, -0.2) is 50.4 Å². The number of hydrogen-bond donors (Lipinski definition) is 1. The van der Waals surface area contributed by atoms with Gasteiger partial charge in [0, 0.05) is 29.1 Å². The first-order valence-corrected chi connectivity index (χ1v) is 18.2. The molecular formula is C37H39Cl2N3O5S. The lowest BCUT2D eigenvalue weighted by Crippen LogP contribution is -2.54. The lowest BCUT2D eigenvalue weighted by molar-refractivity contribution is -0.140. The highest BCUT2D eigenvalue weighted by molar-refractivity contribution is 7.92. The van der Waals surface area contributed by atoms with Crippen molar-refractivity contribution in [1.29, 1.82) is 0 Å². The minimum Gasteiger partial charge on any atom is -0.494 e. The molecule has 5 rings (SSSR count). The molecule has 1 N–H and O–H groups in total. The van der Waals surface area contributed by atoms with E-state index in [-0.39, 0.29) is 35.5 Å². The van der Waals surface area contributed by atoms with Crippen LogP contribution in [0.4, 0.5) is 5.69 Å². The van der Waals surface area contributed by atoms with Crippen molar-refractivity contribution in [2.75, 3.05) is 17.5 Å². The van der Waals surface area contributed by atoms with Gasteiger partial charge in [0.2, 0.25) is 11.8 Å². The van der Waals surface area contributed by atoms with E-state index in [9.17, 15) is 18.0 Å². The Bertz CT molecular complexity index is 1790. The zero-order valence-corrected chi connectivity index (χ0v) is 29.1. The van der Waals surface area contributed by atoms with E-state index in [2.05, 4.69) is 5.32 Å². The molecule has 0 spiro atoms. The number of nitrogens with zero attached hydrogens (tertiary/aromatic N) is 2. The van der Waals surface area contributed by atoms with Gasteiger partial charge >= 0.3 is 0 Å². The molecule has 0 heterocycles. The summed E-state index contributed by atoms with van der Waals surface area (Å²) in [5.41, 5.74) is 1.69. The quantitative estimate of drug-likeness (QED) is 0.149. The van der Waals surface area contributed by atoms with Crippen LogP contribution in [0.1, 0.15) is 43.7 Å². The van der Waals surface area contributed by atoms with Crippen LogP contribution >= 0.6 is 23.2 Å². The van der Waals surface area contributed by atoms with Crippen LogP contribution in [0.2, 0.25) is 10.0 Å². The summed E-state index contributed by atoms with van der Waals surface area (Å²) in [6, 6.07) is 27.9. The summed E-state index contributed by atoms with van der Waals surface area (Å²) >= 11 is 12.8. The fraction of sp³-hybridized carbons (Fsp3) is 0.297. The summed E-state index contributed by atoms with van der Waals surface area (Å²) in [6.45, 7) is 1.68. The van der Waals surface area contributed by atoms with Gasteiger partial charge in [0.1, 0.15) is 18.3 Å². The molecule has 1 atom stereocenters. The van der Waals surface area contributed by atoms with Crippen LogP contribution in [0.5, 0.6) is 5.75 Å². The predicted octanol–water partition coefficient (Wildman–Crippen LogP) is 7.29. The van der Waals surface area contributed by atoms with Gasteiger partial charge in [-0.3, -0.25) is 13.9 Å². The summed E-state index contributed by atoms with van der Waals surface area (Å²) in [4.78, 5) is 30.3. The summed E-state index contributed by atoms with van der Waals surface area (Å²) < 4.78 is 35.0. The summed E-state index contributed by atoms with van der Waals surface area (Å²) in [5, 5.41) is 3.93. The van der Waals surface area contributed by atoms with Gasteiger partial charge in [-0.1, -0.05) is 90.6 Å². The highest BCUT2D eigenvalue weighted by Gasteiger charge is 2.36. The maximum absolute atomic E-state index is 14.7. The largest absolute Gasteiger partial charge is 0.494 e. The molecule has 4 aromatic rings. The molecule has 1 unspecified atom stereocenters. The third-order valence-electron chi connectivity index (χ3n) is 8.37. The van der Waals surface area contributed by atoms with E-state index in [4.69, 9.17) is 27.9 Å². The first-order valence-electron chi connectivity index (χ1n) is 16.0. The molecule has 0 bridgehead atoms. The average molecular weight is 709 g/mol. The van der Waals surface area contributed by atoms with E-state index in [1.807, 2.05) is 37.3 Å². The van der Waals surface area contributed by atoms with E-state index in [0.717, 1.165) is 35.6 Å².